The van der Waals surface area contributed by atoms with E-state index in [1.54, 1.807) is 0 Å². The Labute approximate surface area is 129 Å². The molecule has 1 unspecified atom stereocenters. The van der Waals surface area contributed by atoms with Gasteiger partial charge in [0.2, 0.25) is 0 Å². The number of rotatable bonds is 15. The second-order valence-corrected chi connectivity index (χ2v) is 8.06. The number of unbranched alkanes of at least 4 members (excludes halogenated alkanes) is 7. The molecule has 0 rings (SSSR count). The van der Waals surface area contributed by atoms with Gasteiger partial charge in [-0.2, -0.15) is 0 Å². The van der Waals surface area contributed by atoms with Crippen molar-refractivity contribution in [2.75, 3.05) is 13.2 Å². The van der Waals surface area contributed by atoms with Crippen molar-refractivity contribution in [2.45, 2.75) is 97.4 Å². The van der Waals surface area contributed by atoms with Gasteiger partial charge in [0.15, 0.2) is 0 Å². The largest absolute Gasteiger partial charge is 0.397 e. The smallest absolute Gasteiger partial charge is 0.324 e. The summed E-state index contributed by atoms with van der Waals surface area (Å²) in [6.07, 6.45) is 13.7. The van der Waals surface area contributed by atoms with Gasteiger partial charge in [-0.1, -0.05) is 71.6 Å². The van der Waals surface area contributed by atoms with Gasteiger partial charge in [0, 0.05) is 13.2 Å². The highest BCUT2D eigenvalue weighted by atomic mass is 28.3. The minimum Gasteiger partial charge on any atom is -0.397 e. The molecule has 2 nitrogen and oxygen atoms in total. The Hall–Kier alpha value is 0.137. The molecule has 0 radical (unpaired) electrons. The summed E-state index contributed by atoms with van der Waals surface area (Å²) in [5.41, 5.74) is 0.704. The minimum atomic E-state index is -1.42. The minimum absolute atomic E-state index is 0.704. The lowest BCUT2D eigenvalue weighted by Crippen LogP contribution is -2.29. The summed E-state index contributed by atoms with van der Waals surface area (Å²) in [4.78, 5) is 0. The quantitative estimate of drug-likeness (QED) is 0.290. The monoisotopic (exact) mass is 302 g/mol. The van der Waals surface area contributed by atoms with Crippen molar-refractivity contribution in [3.63, 3.8) is 0 Å². The van der Waals surface area contributed by atoms with E-state index in [9.17, 15) is 0 Å². The molecule has 20 heavy (non-hydrogen) atoms. The molecule has 0 bridgehead atoms. The third kappa shape index (κ3) is 10.9. The Morgan fingerprint density at radius 2 is 1.20 bits per heavy atom. The van der Waals surface area contributed by atoms with Gasteiger partial charge >= 0.3 is 9.28 Å². The van der Waals surface area contributed by atoms with Crippen molar-refractivity contribution >= 4 is 9.28 Å². The standard InChI is InChI=1S/C17H38O2Si/c1-5-9-10-11-12-13-14-15-16-17(6-2)20(18-7-3)19-8-4/h17,20H,5-16H2,1-4H3. The summed E-state index contributed by atoms with van der Waals surface area (Å²) in [5.74, 6) is 0. The van der Waals surface area contributed by atoms with Crippen molar-refractivity contribution < 1.29 is 8.85 Å². The van der Waals surface area contributed by atoms with Gasteiger partial charge in [0.05, 0.1) is 0 Å². The second kappa shape index (κ2) is 15.5. The van der Waals surface area contributed by atoms with Crippen molar-refractivity contribution in [3.05, 3.63) is 0 Å². The molecular formula is C17H38O2Si. The molecule has 0 N–H and O–H groups in total. The molecule has 0 aliphatic heterocycles. The molecule has 0 saturated heterocycles. The number of hydrogen-bond donors (Lipinski definition) is 0. The molecule has 0 spiro atoms. The predicted molar refractivity (Wildman–Crippen MR) is 91.7 cm³/mol. The summed E-state index contributed by atoms with van der Waals surface area (Å²) in [5, 5.41) is 0. The Balaban J connectivity index is 3.66. The van der Waals surface area contributed by atoms with Crippen LogP contribution >= 0.6 is 0 Å². The van der Waals surface area contributed by atoms with Gasteiger partial charge in [0.25, 0.3) is 0 Å². The van der Waals surface area contributed by atoms with Crippen LogP contribution in [-0.2, 0) is 8.85 Å². The van der Waals surface area contributed by atoms with E-state index in [1.807, 2.05) is 0 Å². The first-order valence-corrected chi connectivity index (χ1v) is 10.6. The van der Waals surface area contributed by atoms with Crippen molar-refractivity contribution in [2.24, 2.45) is 0 Å². The molecule has 0 aliphatic rings. The fraction of sp³-hybridized carbons (Fsp3) is 1.00. The second-order valence-electron chi connectivity index (χ2n) is 5.71. The van der Waals surface area contributed by atoms with E-state index in [4.69, 9.17) is 8.85 Å². The first-order chi connectivity index (χ1) is 9.79. The van der Waals surface area contributed by atoms with E-state index in [0.717, 1.165) is 13.2 Å². The predicted octanol–water partition coefficient (Wildman–Crippen LogP) is 5.59. The van der Waals surface area contributed by atoms with Crippen LogP contribution in [0.2, 0.25) is 5.54 Å². The van der Waals surface area contributed by atoms with E-state index >= 15 is 0 Å². The van der Waals surface area contributed by atoms with Gasteiger partial charge < -0.3 is 8.85 Å². The van der Waals surface area contributed by atoms with Crippen LogP contribution in [0.1, 0.15) is 91.9 Å². The normalized spacial score (nSPS) is 13.1. The summed E-state index contributed by atoms with van der Waals surface area (Å²) in [6, 6.07) is 0. The van der Waals surface area contributed by atoms with Gasteiger partial charge in [-0.25, -0.2) is 0 Å². The lowest BCUT2D eigenvalue weighted by molar-refractivity contribution is 0.200. The molecule has 0 aromatic heterocycles. The van der Waals surface area contributed by atoms with Crippen LogP contribution in [0.3, 0.4) is 0 Å². The summed E-state index contributed by atoms with van der Waals surface area (Å²) in [6.45, 7) is 10.4. The SMILES string of the molecule is CCCCCCCCCCC(CC)[SiH](OCC)OCC. The van der Waals surface area contributed by atoms with E-state index in [1.165, 1.54) is 64.2 Å². The Morgan fingerprint density at radius 3 is 1.65 bits per heavy atom. The van der Waals surface area contributed by atoms with E-state index in [-0.39, 0.29) is 0 Å². The maximum absolute atomic E-state index is 5.87. The molecule has 0 aliphatic carbocycles. The van der Waals surface area contributed by atoms with Crippen molar-refractivity contribution in [3.8, 4) is 0 Å². The molecule has 1 atom stereocenters. The maximum atomic E-state index is 5.87. The van der Waals surface area contributed by atoms with E-state index < -0.39 is 9.28 Å². The van der Waals surface area contributed by atoms with Gasteiger partial charge in [-0.3, -0.25) is 0 Å². The molecule has 0 aromatic carbocycles. The summed E-state index contributed by atoms with van der Waals surface area (Å²) >= 11 is 0. The molecule has 3 heteroatoms. The molecule has 0 saturated carbocycles. The summed E-state index contributed by atoms with van der Waals surface area (Å²) < 4.78 is 11.7. The first kappa shape index (κ1) is 20.1. The topological polar surface area (TPSA) is 18.5 Å². The molecule has 0 aromatic rings. The van der Waals surface area contributed by atoms with Gasteiger partial charge in [-0.05, 0) is 25.8 Å². The molecule has 0 amide bonds. The molecule has 122 valence electrons. The highest BCUT2D eigenvalue weighted by Crippen LogP contribution is 2.25. The van der Waals surface area contributed by atoms with Crippen molar-refractivity contribution in [1.82, 2.24) is 0 Å². The average Bonchev–Trinajstić information content (AvgIpc) is 2.46. The zero-order chi connectivity index (χ0) is 15.1. The van der Waals surface area contributed by atoms with Crippen LogP contribution in [0.4, 0.5) is 0 Å². The third-order valence-electron chi connectivity index (χ3n) is 4.00. The highest BCUT2D eigenvalue weighted by Gasteiger charge is 2.23. The maximum Gasteiger partial charge on any atom is 0.324 e. The fourth-order valence-electron chi connectivity index (χ4n) is 2.72. The zero-order valence-corrected chi connectivity index (χ0v) is 15.6. The van der Waals surface area contributed by atoms with Crippen LogP contribution < -0.4 is 0 Å². The van der Waals surface area contributed by atoms with Crippen LogP contribution in [-0.4, -0.2) is 22.5 Å². The van der Waals surface area contributed by atoms with Gasteiger partial charge in [0.1, 0.15) is 0 Å². The Kier molecular flexibility index (Phi) is 15.6. The third-order valence-corrected chi connectivity index (χ3v) is 6.90. The summed E-state index contributed by atoms with van der Waals surface area (Å²) in [7, 11) is -1.42. The first-order valence-electron chi connectivity index (χ1n) is 9.03. The van der Waals surface area contributed by atoms with Crippen LogP contribution in [0.15, 0.2) is 0 Å². The van der Waals surface area contributed by atoms with E-state index in [0.29, 0.717) is 5.54 Å². The van der Waals surface area contributed by atoms with Crippen LogP contribution in [0.5, 0.6) is 0 Å². The van der Waals surface area contributed by atoms with Gasteiger partial charge in [-0.15, -0.1) is 0 Å². The fourth-order valence-corrected chi connectivity index (χ4v) is 4.91. The van der Waals surface area contributed by atoms with Crippen molar-refractivity contribution in [1.29, 1.82) is 0 Å². The molecule has 0 fully saturated rings. The van der Waals surface area contributed by atoms with E-state index in [2.05, 4.69) is 27.7 Å². The van der Waals surface area contributed by atoms with Crippen LogP contribution in [0.25, 0.3) is 0 Å². The zero-order valence-electron chi connectivity index (χ0n) is 14.5. The lowest BCUT2D eigenvalue weighted by atomic mass is 10.1. The Bertz CT molecular complexity index is 182. The Morgan fingerprint density at radius 1 is 0.700 bits per heavy atom. The lowest BCUT2D eigenvalue weighted by Gasteiger charge is -2.23. The average molecular weight is 303 g/mol. The van der Waals surface area contributed by atoms with Crippen LogP contribution in [0, 0.1) is 0 Å². The molecular weight excluding hydrogens is 264 g/mol. The molecule has 0 heterocycles. The highest BCUT2D eigenvalue weighted by molar-refractivity contribution is 6.46. The number of hydrogen-bond acceptors (Lipinski definition) is 2.